The monoisotopic (exact) mass is 265 g/mol. The zero-order valence-electron chi connectivity index (χ0n) is 12.1. The van der Waals surface area contributed by atoms with Crippen LogP contribution >= 0.6 is 0 Å². The molecule has 5 nitrogen and oxygen atoms in total. The van der Waals surface area contributed by atoms with Gasteiger partial charge >= 0.3 is 5.97 Å². The fourth-order valence-electron chi connectivity index (χ4n) is 2.14. The van der Waals surface area contributed by atoms with Gasteiger partial charge in [-0.25, -0.2) is 9.78 Å². The predicted octanol–water partition coefficient (Wildman–Crippen LogP) is 2.47. The number of esters is 1. The molecule has 1 aromatic heterocycles. The first-order valence-corrected chi connectivity index (χ1v) is 6.71. The van der Waals surface area contributed by atoms with Crippen LogP contribution in [0.5, 0.6) is 0 Å². The number of carbonyl (C=O) groups is 1. The first-order valence-electron chi connectivity index (χ1n) is 6.71. The molecular formula is C14H23N3O2. The molecule has 0 aliphatic rings. The number of aromatic nitrogens is 1. The van der Waals surface area contributed by atoms with Crippen molar-refractivity contribution in [2.45, 2.75) is 39.7 Å². The van der Waals surface area contributed by atoms with E-state index in [9.17, 15) is 4.79 Å². The van der Waals surface area contributed by atoms with Gasteiger partial charge in [0.2, 0.25) is 0 Å². The van der Waals surface area contributed by atoms with Gasteiger partial charge in [-0.15, -0.1) is 0 Å². The third kappa shape index (κ3) is 3.36. The van der Waals surface area contributed by atoms with Crippen molar-refractivity contribution in [3.8, 4) is 0 Å². The average molecular weight is 265 g/mol. The maximum absolute atomic E-state index is 11.8. The number of hydrogen-bond acceptors (Lipinski definition) is 5. The first-order chi connectivity index (χ1) is 9.06. The molecule has 0 fully saturated rings. The fourth-order valence-corrected chi connectivity index (χ4v) is 2.14. The van der Waals surface area contributed by atoms with E-state index in [1.165, 1.54) is 0 Å². The minimum atomic E-state index is -0.401. The molecule has 0 radical (unpaired) electrons. The number of anilines is 2. The van der Waals surface area contributed by atoms with Gasteiger partial charge in [-0.05, 0) is 25.8 Å². The minimum absolute atomic E-state index is 0.332. The number of pyridine rings is 1. The van der Waals surface area contributed by atoms with Gasteiger partial charge in [-0.3, -0.25) is 0 Å². The lowest BCUT2D eigenvalue weighted by Gasteiger charge is -2.28. The highest BCUT2D eigenvalue weighted by atomic mass is 16.5. The van der Waals surface area contributed by atoms with Crippen molar-refractivity contribution in [2.24, 2.45) is 0 Å². The molecule has 0 saturated carbocycles. The number of nitrogens with zero attached hydrogens (tertiary/aromatic N) is 2. The highest BCUT2D eigenvalue weighted by Gasteiger charge is 2.20. The van der Waals surface area contributed by atoms with Gasteiger partial charge in [0.15, 0.2) is 5.82 Å². The summed E-state index contributed by atoms with van der Waals surface area (Å²) < 4.78 is 4.99. The molecule has 106 valence electrons. The Labute approximate surface area is 114 Å². The molecule has 1 rings (SSSR count). The molecule has 0 aliphatic heterocycles. The van der Waals surface area contributed by atoms with E-state index < -0.39 is 5.97 Å². The molecule has 1 aromatic rings. The lowest BCUT2D eigenvalue weighted by Crippen LogP contribution is -2.32. The topological polar surface area (TPSA) is 68.5 Å². The van der Waals surface area contributed by atoms with E-state index in [2.05, 4.69) is 18.8 Å². The smallest absolute Gasteiger partial charge is 0.340 e. The zero-order valence-corrected chi connectivity index (χ0v) is 12.1. The molecule has 2 N–H and O–H groups in total. The van der Waals surface area contributed by atoms with Gasteiger partial charge in [0.1, 0.15) is 0 Å². The molecule has 1 heterocycles. The molecule has 19 heavy (non-hydrogen) atoms. The van der Waals surface area contributed by atoms with E-state index in [0.29, 0.717) is 29.7 Å². The minimum Gasteiger partial charge on any atom is -0.462 e. The molecule has 0 aromatic carbocycles. The van der Waals surface area contributed by atoms with Crippen LogP contribution in [0.3, 0.4) is 0 Å². The van der Waals surface area contributed by atoms with Crippen molar-refractivity contribution in [2.75, 3.05) is 24.3 Å². The van der Waals surface area contributed by atoms with E-state index in [0.717, 1.165) is 12.8 Å². The van der Waals surface area contributed by atoms with Crippen LogP contribution in [-0.2, 0) is 4.74 Å². The quantitative estimate of drug-likeness (QED) is 0.800. The normalized spacial score (nSPS) is 10.6. The fraction of sp³-hybridized carbons (Fsp3) is 0.571. The van der Waals surface area contributed by atoms with Crippen molar-refractivity contribution >= 4 is 17.5 Å². The summed E-state index contributed by atoms with van der Waals surface area (Å²) in [7, 11) is 1.95. The Hall–Kier alpha value is -1.78. The van der Waals surface area contributed by atoms with Crippen LogP contribution in [-0.4, -0.2) is 30.6 Å². The number of rotatable bonds is 6. The van der Waals surface area contributed by atoms with E-state index in [4.69, 9.17) is 10.5 Å². The highest BCUT2D eigenvalue weighted by Crippen LogP contribution is 2.26. The first kappa shape index (κ1) is 15.3. The molecule has 5 heteroatoms. The van der Waals surface area contributed by atoms with Crippen LogP contribution in [0.25, 0.3) is 0 Å². The number of carbonyl (C=O) groups excluding carboxylic acids is 1. The Morgan fingerprint density at radius 2 is 2.05 bits per heavy atom. The molecule has 0 bridgehead atoms. The van der Waals surface area contributed by atoms with Gasteiger partial charge in [-0.2, -0.15) is 0 Å². The van der Waals surface area contributed by atoms with Crippen LogP contribution in [0.1, 0.15) is 44.0 Å². The highest BCUT2D eigenvalue weighted by molar-refractivity contribution is 5.97. The Bertz CT molecular complexity index is 431. The number of nitrogens with two attached hydrogens (primary N) is 1. The second kappa shape index (κ2) is 6.97. The number of ether oxygens (including phenoxy) is 1. The summed E-state index contributed by atoms with van der Waals surface area (Å²) in [6, 6.07) is 1.95. The maximum Gasteiger partial charge on any atom is 0.340 e. The Morgan fingerprint density at radius 1 is 1.42 bits per heavy atom. The number of nitrogen functional groups attached to an aromatic ring is 1. The van der Waals surface area contributed by atoms with Gasteiger partial charge in [-0.1, -0.05) is 13.8 Å². The van der Waals surface area contributed by atoms with Gasteiger partial charge in [0.05, 0.1) is 17.9 Å². The molecule has 0 spiro atoms. The summed E-state index contributed by atoms with van der Waals surface area (Å²) in [6.45, 7) is 6.34. The van der Waals surface area contributed by atoms with Gasteiger partial charge < -0.3 is 15.4 Å². The summed E-state index contributed by atoms with van der Waals surface area (Å²) in [5, 5.41) is 0. The van der Waals surface area contributed by atoms with Crippen LogP contribution in [0, 0.1) is 0 Å². The third-order valence-corrected chi connectivity index (χ3v) is 3.29. The Balaban J connectivity index is 3.09. The zero-order chi connectivity index (χ0) is 14.4. The lowest BCUT2D eigenvalue weighted by molar-refractivity contribution is 0.0527. The van der Waals surface area contributed by atoms with Crippen molar-refractivity contribution < 1.29 is 9.53 Å². The van der Waals surface area contributed by atoms with Crippen LogP contribution in [0.2, 0.25) is 0 Å². The second-order valence-electron chi connectivity index (χ2n) is 4.40. The van der Waals surface area contributed by atoms with Crippen molar-refractivity contribution in [1.29, 1.82) is 0 Å². The lowest BCUT2D eigenvalue weighted by atomic mass is 10.1. The molecule has 0 aliphatic carbocycles. The summed E-state index contributed by atoms with van der Waals surface area (Å²) in [6.07, 6.45) is 3.59. The van der Waals surface area contributed by atoms with E-state index in [-0.39, 0.29) is 0 Å². The standard InChI is InChI=1S/C14H23N3O2/c1-5-10(6-2)17(4)13-12(15)11(8-9-16-13)14(18)19-7-3/h8-10H,5-7,15H2,1-4H3. The number of hydrogen-bond donors (Lipinski definition) is 1. The maximum atomic E-state index is 11.8. The van der Waals surface area contributed by atoms with Gasteiger partial charge in [0, 0.05) is 19.3 Å². The van der Waals surface area contributed by atoms with E-state index >= 15 is 0 Å². The summed E-state index contributed by atoms with van der Waals surface area (Å²) in [5.41, 5.74) is 6.82. The largest absolute Gasteiger partial charge is 0.462 e. The third-order valence-electron chi connectivity index (χ3n) is 3.29. The predicted molar refractivity (Wildman–Crippen MR) is 77.4 cm³/mol. The Kier molecular flexibility index (Phi) is 5.60. The summed E-state index contributed by atoms with van der Waals surface area (Å²) in [4.78, 5) is 18.1. The van der Waals surface area contributed by atoms with Crippen LogP contribution in [0.4, 0.5) is 11.5 Å². The molecule has 0 saturated heterocycles. The molecular weight excluding hydrogens is 242 g/mol. The SMILES string of the molecule is CCOC(=O)c1ccnc(N(C)C(CC)CC)c1N. The summed E-state index contributed by atoms with van der Waals surface area (Å²) >= 11 is 0. The van der Waals surface area contributed by atoms with Crippen LogP contribution < -0.4 is 10.6 Å². The van der Waals surface area contributed by atoms with E-state index in [1.807, 2.05) is 11.9 Å². The second-order valence-corrected chi connectivity index (χ2v) is 4.40. The molecule has 0 amide bonds. The van der Waals surface area contributed by atoms with Crippen molar-refractivity contribution in [1.82, 2.24) is 4.98 Å². The molecule has 0 atom stereocenters. The van der Waals surface area contributed by atoms with Crippen LogP contribution in [0.15, 0.2) is 12.3 Å². The van der Waals surface area contributed by atoms with Crippen molar-refractivity contribution in [3.05, 3.63) is 17.8 Å². The van der Waals surface area contributed by atoms with Crippen molar-refractivity contribution in [3.63, 3.8) is 0 Å². The summed E-state index contributed by atoms with van der Waals surface area (Å²) in [5.74, 6) is 0.237. The van der Waals surface area contributed by atoms with Gasteiger partial charge in [0.25, 0.3) is 0 Å². The average Bonchev–Trinajstić information content (AvgIpc) is 2.40. The van der Waals surface area contributed by atoms with E-state index in [1.54, 1.807) is 19.2 Å². The Morgan fingerprint density at radius 3 is 2.58 bits per heavy atom. The molecule has 0 unspecified atom stereocenters.